The number of piperidine rings is 1. The summed E-state index contributed by atoms with van der Waals surface area (Å²) >= 11 is 0. The van der Waals surface area contributed by atoms with E-state index in [0.29, 0.717) is 5.41 Å². The number of benzene rings is 1. The number of rotatable bonds is 2. The van der Waals surface area contributed by atoms with E-state index >= 15 is 0 Å². The lowest BCUT2D eigenvalue weighted by Crippen LogP contribution is -2.36. The molecule has 19 heavy (non-hydrogen) atoms. The van der Waals surface area contributed by atoms with Crippen molar-refractivity contribution in [3.8, 4) is 0 Å². The van der Waals surface area contributed by atoms with Crippen molar-refractivity contribution in [2.24, 2.45) is 0 Å². The summed E-state index contributed by atoms with van der Waals surface area (Å²) in [5.41, 5.74) is 3.84. The maximum atomic E-state index is 12.4. The minimum atomic E-state index is 0.167. The second-order valence-corrected chi connectivity index (χ2v) is 6.18. The lowest BCUT2D eigenvalue weighted by atomic mass is 9.97. The van der Waals surface area contributed by atoms with Gasteiger partial charge in [-0.25, -0.2) is 0 Å². The Morgan fingerprint density at radius 3 is 2.26 bits per heavy atom. The molecule has 0 bridgehead atoms. The quantitative estimate of drug-likeness (QED) is 0.740. The van der Waals surface area contributed by atoms with Gasteiger partial charge in [-0.3, -0.25) is 4.79 Å². The maximum absolute atomic E-state index is 12.4. The van der Waals surface area contributed by atoms with Crippen LogP contribution >= 0.6 is 0 Å². The van der Waals surface area contributed by atoms with Crippen LogP contribution in [0.25, 0.3) is 0 Å². The van der Waals surface area contributed by atoms with Gasteiger partial charge in [-0.2, -0.15) is 0 Å². The summed E-state index contributed by atoms with van der Waals surface area (Å²) in [6, 6.07) is 8.24. The van der Waals surface area contributed by atoms with E-state index in [1.165, 1.54) is 24.0 Å². The largest absolute Gasteiger partial charge is 0.338 e. The van der Waals surface area contributed by atoms with E-state index in [-0.39, 0.29) is 5.91 Å². The molecule has 1 saturated heterocycles. The van der Waals surface area contributed by atoms with Gasteiger partial charge in [0, 0.05) is 18.7 Å². The third-order valence-corrected chi connectivity index (χ3v) is 4.59. The van der Waals surface area contributed by atoms with Crippen LogP contribution in [-0.2, 0) is 5.41 Å². The molecule has 1 heterocycles. The first kappa shape index (κ1) is 12.5. The smallest absolute Gasteiger partial charge is 0.253 e. The molecule has 0 atom stereocenters. The van der Waals surface area contributed by atoms with Crippen molar-refractivity contribution >= 4 is 5.91 Å². The molecule has 2 fully saturated rings. The minimum Gasteiger partial charge on any atom is -0.338 e. The third kappa shape index (κ3) is 2.44. The number of carbonyl (C=O) groups is 1. The van der Waals surface area contributed by atoms with Crippen LogP contribution in [0.4, 0.5) is 0 Å². The second-order valence-electron chi connectivity index (χ2n) is 6.18. The predicted octanol–water partition coefficient (Wildman–Crippen LogP) is 3.53. The fourth-order valence-corrected chi connectivity index (χ4v) is 2.70. The molecule has 0 N–H and O–H groups in total. The van der Waals surface area contributed by atoms with Crippen molar-refractivity contribution in [2.45, 2.75) is 38.0 Å². The number of likely N-dealkylation sites (tertiary alicyclic amines) is 1. The summed E-state index contributed by atoms with van der Waals surface area (Å²) in [6.45, 7) is 7.91. The van der Waals surface area contributed by atoms with Crippen molar-refractivity contribution in [1.82, 2.24) is 4.90 Å². The summed E-state index contributed by atoms with van der Waals surface area (Å²) < 4.78 is 0. The Kier molecular flexibility index (Phi) is 2.96. The number of amides is 1. The predicted molar refractivity (Wildman–Crippen MR) is 77.3 cm³/mol. The molecule has 1 aromatic carbocycles. The van der Waals surface area contributed by atoms with Gasteiger partial charge in [-0.1, -0.05) is 31.2 Å². The summed E-state index contributed by atoms with van der Waals surface area (Å²) in [6.07, 6.45) is 4.44. The first-order valence-electron chi connectivity index (χ1n) is 7.15. The van der Waals surface area contributed by atoms with Crippen molar-refractivity contribution in [1.29, 1.82) is 0 Å². The molecule has 1 saturated carbocycles. The van der Waals surface area contributed by atoms with Crippen LogP contribution in [0.1, 0.15) is 48.5 Å². The Bertz CT molecular complexity index is 501. The van der Waals surface area contributed by atoms with E-state index in [1.807, 2.05) is 17.0 Å². The zero-order valence-corrected chi connectivity index (χ0v) is 11.6. The summed E-state index contributed by atoms with van der Waals surface area (Å²) in [5, 5.41) is 0. The Labute approximate surface area is 115 Å². The summed E-state index contributed by atoms with van der Waals surface area (Å²) in [7, 11) is 0. The zero-order chi connectivity index (χ0) is 13.5. The third-order valence-electron chi connectivity index (χ3n) is 4.59. The van der Waals surface area contributed by atoms with Gasteiger partial charge in [0.05, 0.1) is 0 Å². The molecular formula is C17H21NO. The second kappa shape index (κ2) is 4.52. The van der Waals surface area contributed by atoms with Gasteiger partial charge < -0.3 is 4.90 Å². The average molecular weight is 255 g/mol. The van der Waals surface area contributed by atoms with Gasteiger partial charge in [0.25, 0.3) is 5.91 Å². The first-order valence-corrected chi connectivity index (χ1v) is 7.15. The Balaban J connectivity index is 1.71. The van der Waals surface area contributed by atoms with Crippen molar-refractivity contribution in [3.63, 3.8) is 0 Å². The minimum absolute atomic E-state index is 0.167. The first-order chi connectivity index (χ1) is 9.08. The van der Waals surface area contributed by atoms with E-state index in [9.17, 15) is 4.79 Å². The molecule has 0 unspecified atom stereocenters. The van der Waals surface area contributed by atoms with Crippen molar-refractivity contribution < 1.29 is 4.79 Å². The SMILES string of the molecule is C=C1CCN(C(=O)c2ccc(C3(C)CC3)cc2)CC1. The van der Waals surface area contributed by atoms with Gasteiger partial charge in [0.2, 0.25) is 0 Å². The highest BCUT2D eigenvalue weighted by Crippen LogP contribution is 2.47. The number of carbonyl (C=O) groups excluding carboxylic acids is 1. The van der Waals surface area contributed by atoms with Crippen LogP contribution in [-0.4, -0.2) is 23.9 Å². The molecule has 2 aliphatic rings. The Morgan fingerprint density at radius 2 is 1.74 bits per heavy atom. The van der Waals surface area contributed by atoms with Gasteiger partial charge in [-0.05, 0) is 48.8 Å². The highest BCUT2D eigenvalue weighted by molar-refractivity contribution is 5.94. The van der Waals surface area contributed by atoms with E-state index < -0.39 is 0 Å². The van der Waals surface area contributed by atoms with Crippen LogP contribution in [0.3, 0.4) is 0 Å². The Hall–Kier alpha value is -1.57. The average Bonchev–Trinajstić information content (AvgIpc) is 3.18. The topological polar surface area (TPSA) is 20.3 Å². The number of hydrogen-bond acceptors (Lipinski definition) is 1. The molecular weight excluding hydrogens is 234 g/mol. The fourth-order valence-electron chi connectivity index (χ4n) is 2.70. The van der Waals surface area contributed by atoms with Crippen molar-refractivity contribution in [3.05, 3.63) is 47.5 Å². The van der Waals surface area contributed by atoms with Gasteiger partial charge in [0.15, 0.2) is 0 Å². The highest BCUT2D eigenvalue weighted by Gasteiger charge is 2.38. The standard InChI is InChI=1S/C17H21NO/c1-13-7-11-18(12-8-13)16(19)14-3-5-15(6-4-14)17(2)9-10-17/h3-6H,1,7-12H2,2H3. The van der Waals surface area contributed by atoms with Crippen LogP contribution < -0.4 is 0 Å². The molecule has 100 valence electrons. The van der Waals surface area contributed by atoms with Crippen LogP contribution in [0.15, 0.2) is 36.4 Å². The van der Waals surface area contributed by atoms with Crippen LogP contribution in [0.5, 0.6) is 0 Å². The Morgan fingerprint density at radius 1 is 1.16 bits per heavy atom. The molecule has 0 aromatic heterocycles. The highest BCUT2D eigenvalue weighted by atomic mass is 16.2. The molecule has 2 heteroatoms. The molecule has 0 radical (unpaired) electrons. The molecule has 1 aliphatic carbocycles. The van der Waals surface area contributed by atoms with Crippen LogP contribution in [0.2, 0.25) is 0 Å². The normalized spacial score (nSPS) is 21.3. The molecule has 0 spiro atoms. The lowest BCUT2D eigenvalue weighted by molar-refractivity contribution is 0.0744. The van der Waals surface area contributed by atoms with Crippen molar-refractivity contribution in [2.75, 3.05) is 13.1 Å². The summed E-state index contributed by atoms with van der Waals surface area (Å²) in [4.78, 5) is 14.3. The molecule has 3 rings (SSSR count). The lowest BCUT2D eigenvalue weighted by Gasteiger charge is -2.28. The van der Waals surface area contributed by atoms with E-state index in [2.05, 4.69) is 25.6 Å². The molecule has 1 aliphatic heterocycles. The monoisotopic (exact) mass is 255 g/mol. The number of hydrogen-bond donors (Lipinski definition) is 0. The molecule has 1 amide bonds. The molecule has 1 aromatic rings. The maximum Gasteiger partial charge on any atom is 0.253 e. The van der Waals surface area contributed by atoms with E-state index in [4.69, 9.17) is 0 Å². The van der Waals surface area contributed by atoms with Gasteiger partial charge in [0.1, 0.15) is 0 Å². The van der Waals surface area contributed by atoms with E-state index in [1.54, 1.807) is 0 Å². The number of nitrogens with zero attached hydrogens (tertiary/aromatic N) is 1. The van der Waals surface area contributed by atoms with E-state index in [0.717, 1.165) is 31.5 Å². The van der Waals surface area contributed by atoms with Crippen LogP contribution in [0, 0.1) is 0 Å². The zero-order valence-electron chi connectivity index (χ0n) is 11.6. The van der Waals surface area contributed by atoms with Gasteiger partial charge >= 0.3 is 0 Å². The van der Waals surface area contributed by atoms with Gasteiger partial charge in [-0.15, -0.1) is 0 Å². The summed E-state index contributed by atoms with van der Waals surface area (Å²) in [5.74, 6) is 0.167. The fraction of sp³-hybridized carbons (Fsp3) is 0.471. The molecule has 2 nitrogen and oxygen atoms in total.